The van der Waals surface area contributed by atoms with Gasteiger partial charge in [-0.3, -0.25) is 9.80 Å². The molecular weight excluding hydrogens is 250 g/mol. The number of nitrogens with zero attached hydrogens (tertiary/aromatic N) is 2. The van der Waals surface area contributed by atoms with E-state index in [1.165, 1.54) is 51.0 Å². The Bertz CT molecular complexity index is 457. The van der Waals surface area contributed by atoms with Gasteiger partial charge in [0.2, 0.25) is 0 Å². The van der Waals surface area contributed by atoms with Gasteiger partial charge >= 0.3 is 0 Å². The summed E-state index contributed by atoms with van der Waals surface area (Å²) in [5.74, 6) is 0.769. The van der Waals surface area contributed by atoms with Gasteiger partial charge in [-0.05, 0) is 50.0 Å². The van der Waals surface area contributed by atoms with E-state index in [1.54, 1.807) is 7.11 Å². The predicted octanol–water partition coefficient (Wildman–Crippen LogP) is 1.95. The Morgan fingerprint density at radius 2 is 2.05 bits per heavy atom. The van der Waals surface area contributed by atoms with Crippen molar-refractivity contribution < 1.29 is 4.74 Å². The Morgan fingerprint density at radius 3 is 2.75 bits per heavy atom. The van der Waals surface area contributed by atoms with E-state index in [0.717, 1.165) is 24.0 Å². The van der Waals surface area contributed by atoms with Crippen LogP contribution in [0.15, 0.2) is 18.2 Å². The molecule has 0 spiro atoms. The molecule has 1 unspecified atom stereocenters. The van der Waals surface area contributed by atoms with Gasteiger partial charge in [0.05, 0.1) is 12.8 Å². The lowest BCUT2D eigenvalue weighted by molar-refractivity contribution is 0.230. The van der Waals surface area contributed by atoms with Crippen LogP contribution in [0.5, 0.6) is 5.75 Å². The van der Waals surface area contributed by atoms with Crippen LogP contribution in [-0.2, 0) is 6.54 Å². The van der Waals surface area contributed by atoms with Gasteiger partial charge in [-0.1, -0.05) is 6.07 Å². The highest BCUT2D eigenvalue weighted by Crippen LogP contribution is 2.25. The number of hydrogen-bond acceptors (Lipinski definition) is 4. The van der Waals surface area contributed by atoms with Gasteiger partial charge in [0.1, 0.15) is 5.75 Å². The first kappa shape index (κ1) is 13.7. The summed E-state index contributed by atoms with van der Waals surface area (Å²) in [6.07, 6.45) is 4.07. The minimum Gasteiger partial charge on any atom is -0.495 e. The van der Waals surface area contributed by atoms with Crippen LogP contribution in [0.2, 0.25) is 0 Å². The normalized spacial score (nSPS) is 24.4. The predicted molar refractivity (Wildman–Crippen MR) is 81.9 cm³/mol. The molecule has 2 aliphatic heterocycles. The minimum absolute atomic E-state index is 0.736. The van der Waals surface area contributed by atoms with Gasteiger partial charge < -0.3 is 10.5 Å². The van der Waals surface area contributed by atoms with E-state index in [0.29, 0.717) is 0 Å². The van der Waals surface area contributed by atoms with Crippen molar-refractivity contribution in [3.63, 3.8) is 0 Å². The largest absolute Gasteiger partial charge is 0.495 e. The molecule has 0 aliphatic carbocycles. The summed E-state index contributed by atoms with van der Waals surface area (Å²) in [6, 6.07) is 6.91. The van der Waals surface area contributed by atoms with Gasteiger partial charge in [-0.25, -0.2) is 0 Å². The van der Waals surface area contributed by atoms with Crippen LogP contribution in [0.25, 0.3) is 0 Å². The zero-order chi connectivity index (χ0) is 13.9. The highest BCUT2D eigenvalue weighted by molar-refractivity contribution is 5.54. The minimum atomic E-state index is 0.736. The molecule has 4 heteroatoms. The van der Waals surface area contributed by atoms with Crippen LogP contribution in [0.4, 0.5) is 5.69 Å². The average molecular weight is 275 g/mol. The van der Waals surface area contributed by atoms with Crippen LogP contribution < -0.4 is 10.5 Å². The number of methoxy groups -OCH3 is 1. The van der Waals surface area contributed by atoms with E-state index >= 15 is 0 Å². The number of anilines is 1. The molecule has 3 rings (SSSR count). The van der Waals surface area contributed by atoms with Crippen molar-refractivity contribution in [3.05, 3.63) is 23.8 Å². The molecule has 2 N–H and O–H groups in total. The maximum absolute atomic E-state index is 5.98. The monoisotopic (exact) mass is 275 g/mol. The quantitative estimate of drug-likeness (QED) is 0.853. The first-order valence-corrected chi connectivity index (χ1v) is 7.65. The zero-order valence-electron chi connectivity index (χ0n) is 12.3. The van der Waals surface area contributed by atoms with Gasteiger partial charge in [-0.15, -0.1) is 0 Å². The van der Waals surface area contributed by atoms with Gasteiger partial charge in [0, 0.05) is 25.7 Å². The van der Waals surface area contributed by atoms with Crippen molar-refractivity contribution in [2.45, 2.75) is 31.8 Å². The molecule has 2 heterocycles. The third-order valence-corrected chi connectivity index (χ3v) is 4.60. The second-order valence-corrected chi connectivity index (χ2v) is 6.00. The van der Waals surface area contributed by atoms with Crippen LogP contribution in [0.1, 0.15) is 24.8 Å². The maximum atomic E-state index is 5.98. The first-order chi connectivity index (χ1) is 9.76. The van der Waals surface area contributed by atoms with Crippen LogP contribution in [0, 0.1) is 0 Å². The van der Waals surface area contributed by atoms with Crippen molar-refractivity contribution in [2.75, 3.05) is 39.0 Å². The molecule has 0 amide bonds. The summed E-state index contributed by atoms with van der Waals surface area (Å²) in [6.45, 7) is 6.00. The van der Waals surface area contributed by atoms with Crippen LogP contribution >= 0.6 is 0 Å². The van der Waals surface area contributed by atoms with Crippen molar-refractivity contribution >= 4 is 5.69 Å². The number of nitrogen functional groups attached to an aromatic ring is 1. The average Bonchev–Trinajstić information content (AvgIpc) is 3.09. The fourth-order valence-corrected chi connectivity index (χ4v) is 3.50. The molecule has 4 nitrogen and oxygen atoms in total. The van der Waals surface area contributed by atoms with Crippen molar-refractivity contribution in [3.8, 4) is 5.75 Å². The number of ether oxygens (including phenoxy) is 1. The smallest absolute Gasteiger partial charge is 0.141 e. The van der Waals surface area contributed by atoms with E-state index in [-0.39, 0.29) is 0 Å². The molecule has 1 aromatic rings. The Labute approximate surface area is 121 Å². The molecule has 2 fully saturated rings. The maximum Gasteiger partial charge on any atom is 0.141 e. The Morgan fingerprint density at radius 1 is 1.25 bits per heavy atom. The lowest BCUT2D eigenvalue weighted by Crippen LogP contribution is -2.35. The topological polar surface area (TPSA) is 41.7 Å². The molecular formula is C16H25N3O. The molecule has 0 bridgehead atoms. The molecule has 2 saturated heterocycles. The zero-order valence-corrected chi connectivity index (χ0v) is 12.3. The summed E-state index contributed by atoms with van der Waals surface area (Å²) in [5, 5.41) is 0. The highest BCUT2D eigenvalue weighted by atomic mass is 16.5. The van der Waals surface area contributed by atoms with Gasteiger partial charge in [0.25, 0.3) is 0 Å². The molecule has 0 aromatic heterocycles. The van der Waals surface area contributed by atoms with Crippen molar-refractivity contribution in [1.29, 1.82) is 0 Å². The number of hydrogen-bond donors (Lipinski definition) is 1. The number of benzene rings is 1. The first-order valence-electron chi connectivity index (χ1n) is 7.65. The summed E-state index contributed by atoms with van der Waals surface area (Å²) < 4.78 is 5.21. The number of nitrogens with two attached hydrogens (primary N) is 1. The van der Waals surface area contributed by atoms with E-state index in [2.05, 4.69) is 15.9 Å². The Balaban J connectivity index is 1.57. The standard InChI is InChI=1S/C16H25N3O/c1-20-16-5-4-13(10-15(16)17)11-18-9-6-14(12-18)19-7-2-3-8-19/h4-5,10,14H,2-3,6-9,11-12,17H2,1H3. The lowest BCUT2D eigenvalue weighted by atomic mass is 10.2. The van der Waals surface area contributed by atoms with Crippen LogP contribution in [-0.4, -0.2) is 49.1 Å². The molecule has 20 heavy (non-hydrogen) atoms. The number of rotatable bonds is 4. The van der Waals surface area contributed by atoms with E-state index in [9.17, 15) is 0 Å². The molecule has 0 saturated carbocycles. The molecule has 1 atom stereocenters. The second-order valence-electron chi connectivity index (χ2n) is 6.00. The second kappa shape index (κ2) is 6.02. The Hall–Kier alpha value is -1.26. The Kier molecular flexibility index (Phi) is 4.13. The van der Waals surface area contributed by atoms with Gasteiger partial charge in [0.15, 0.2) is 0 Å². The summed E-state index contributed by atoms with van der Waals surface area (Å²) in [5.41, 5.74) is 8.00. The third-order valence-electron chi connectivity index (χ3n) is 4.60. The van der Waals surface area contributed by atoms with Crippen molar-refractivity contribution in [2.24, 2.45) is 0 Å². The fraction of sp³-hybridized carbons (Fsp3) is 0.625. The van der Waals surface area contributed by atoms with Crippen LogP contribution in [0.3, 0.4) is 0 Å². The summed E-state index contributed by atoms with van der Waals surface area (Å²) >= 11 is 0. The molecule has 1 aromatic carbocycles. The molecule has 0 radical (unpaired) electrons. The highest BCUT2D eigenvalue weighted by Gasteiger charge is 2.29. The van der Waals surface area contributed by atoms with E-state index < -0.39 is 0 Å². The molecule has 2 aliphatic rings. The van der Waals surface area contributed by atoms with Crippen molar-refractivity contribution in [1.82, 2.24) is 9.80 Å². The lowest BCUT2D eigenvalue weighted by Gasteiger charge is -2.23. The molecule has 110 valence electrons. The summed E-state index contributed by atoms with van der Waals surface area (Å²) in [7, 11) is 1.66. The SMILES string of the molecule is COc1ccc(CN2CCC(N3CCCC3)C2)cc1N. The fourth-order valence-electron chi connectivity index (χ4n) is 3.50. The van der Waals surface area contributed by atoms with E-state index in [1.807, 2.05) is 12.1 Å². The van der Waals surface area contributed by atoms with Gasteiger partial charge in [-0.2, -0.15) is 0 Å². The summed E-state index contributed by atoms with van der Waals surface area (Å²) in [4.78, 5) is 5.21. The third kappa shape index (κ3) is 2.91. The number of likely N-dealkylation sites (tertiary alicyclic amines) is 2. The van der Waals surface area contributed by atoms with E-state index in [4.69, 9.17) is 10.5 Å².